The molecule has 4 heteroatoms. The van der Waals surface area contributed by atoms with E-state index in [0.717, 1.165) is 17.9 Å². The topological polar surface area (TPSA) is 55.2 Å². The van der Waals surface area contributed by atoms with Gasteiger partial charge in [-0.1, -0.05) is 38.8 Å². The Kier molecular flexibility index (Phi) is 6.65. The molecule has 1 atom stereocenters. The summed E-state index contributed by atoms with van der Waals surface area (Å²) < 4.78 is 0. The summed E-state index contributed by atoms with van der Waals surface area (Å²) in [6.07, 6.45) is 3.62. The van der Waals surface area contributed by atoms with E-state index in [1.807, 2.05) is 12.1 Å². The zero-order valence-electron chi connectivity index (χ0n) is 13.0. The van der Waals surface area contributed by atoms with Gasteiger partial charge in [-0.25, -0.2) is 0 Å². The zero-order chi connectivity index (χ0) is 15.1. The predicted molar refractivity (Wildman–Crippen MR) is 82.8 cm³/mol. The van der Waals surface area contributed by atoms with Gasteiger partial charge in [0.1, 0.15) is 0 Å². The monoisotopic (exact) mass is 278 g/mol. The molecule has 1 unspecified atom stereocenters. The summed E-state index contributed by atoms with van der Waals surface area (Å²) in [5.41, 5.74) is 1.89. The normalized spacial score (nSPS) is 12.7. The van der Waals surface area contributed by atoms with Gasteiger partial charge in [0.25, 0.3) is 5.69 Å². The van der Waals surface area contributed by atoms with Gasteiger partial charge in [-0.15, -0.1) is 0 Å². The Hall–Kier alpha value is -1.42. The molecular formula is C16H26N2O2. The fraction of sp³-hybridized carbons (Fsp3) is 0.625. The van der Waals surface area contributed by atoms with Crippen LogP contribution in [-0.4, -0.2) is 11.0 Å². The van der Waals surface area contributed by atoms with Crippen molar-refractivity contribution in [1.29, 1.82) is 0 Å². The first kappa shape index (κ1) is 16.6. The number of rotatable bonds is 8. The van der Waals surface area contributed by atoms with Gasteiger partial charge in [-0.05, 0) is 31.7 Å². The van der Waals surface area contributed by atoms with Crippen LogP contribution in [-0.2, 0) is 6.54 Å². The van der Waals surface area contributed by atoms with Crippen molar-refractivity contribution in [3.8, 4) is 0 Å². The number of nitro groups is 1. The highest BCUT2D eigenvalue weighted by Gasteiger charge is 2.11. The second-order valence-corrected chi connectivity index (χ2v) is 5.98. The molecule has 0 saturated heterocycles. The highest BCUT2D eigenvalue weighted by Crippen LogP contribution is 2.19. The summed E-state index contributed by atoms with van der Waals surface area (Å²) in [4.78, 5) is 10.6. The molecule has 0 aromatic heterocycles. The third kappa shape index (κ3) is 5.70. The first-order chi connectivity index (χ1) is 9.40. The SMILES string of the molecule is Cc1ccc(CNC(C)CCCC(C)C)cc1[N+](=O)[O-]. The standard InChI is InChI=1S/C16H26N2O2/c1-12(2)6-5-7-14(4)17-11-15-9-8-13(3)16(10-15)18(19)20/h8-10,12,14,17H,5-7,11H2,1-4H3. The molecule has 1 rings (SSSR count). The van der Waals surface area contributed by atoms with E-state index in [4.69, 9.17) is 0 Å². The van der Waals surface area contributed by atoms with Gasteiger partial charge in [-0.3, -0.25) is 10.1 Å². The number of aryl methyl sites for hydroxylation is 1. The number of benzene rings is 1. The van der Waals surface area contributed by atoms with Crippen molar-refractivity contribution >= 4 is 5.69 Å². The van der Waals surface area contributed by atoms with Crippen LogP contribution in [0.15, 0.2) is 18.2 Å². The van der Waals surface area contributed by atoms with Crippen molar-refractivity contribution in [2.75, 3.05) is 0 Å². The second-order valence-electron chi connectivity index (χ2n) is 5.98. The molecule has 0 aliphatic rings. The van der Waals surface area contributed by atoms with Gasteiger partial charge in [-0.2, -0.15) is 0 Å². The Morgan fingerprint density at radius 2 is 1.95 bits per heavy atom. The molecule has 0 heterocycles. The number of nitrogens with zero attached hydrogens (tertiary/aromatic N) is 1. The molecule has 1 aromatic rings. The predicted octanol–water partition coefficient (Wildman–Crippen LogP) is 4.21. The molecule has 0 aliphatic heterocycles. The lowest BCUT2D eigenvalue weighted by atomic mass is 10.0. The Bertz CT molecular complexity index is 444. The molecule has 0 bridgehead atoms. The maximum Gasteiger partial charge on any atom is 0.272 e. The van der Waals surface area contributed by atoms with E-state index in [2.05, 4.69) is 26.1 Å². The van der Waals surface area contributed by atoms with E-state index < -0.39 is 0 Å². The molecule has 0 aliphatic carbocycles. The zero-order valence-corrected chi connectivity index (χ0v) is 13.0. The van der Waals surface area contributed by atoms with Crippen molar-refractivity contribution in [3.05, 3.63) is 39.4 Å². The van der Waals surface area contributed by atoms with Crippen molar-refractivity contribution in [1.82, 2.24) is 5.32 Å². The average molecular weight is 278 g/mol. The van der Waals surface area contributed by atoms with Crippen LogP contribution in [0.4, 0.5) is 5.69 Å². The van der Waals surface area contributed by atoms with Crippen molar-refractivity contribution < 1.29 is 4.92 Å². The summed E-state index contributed by atoms with van der Waals surface area (Å²) in [5.74, 6) is 0.752. The molecule has 4 nitrogen and oxygen atoms in total. The van der Waals surface area contributed by atoms with Crippen LogP contribution >= 0.6 is 0 Å². The molecule has 112 valence electrons. The van der Waals surface area contributed by atoms with E-state index in [0.29, 0.717) is 18.2 Å². The minimum Gasteiger partial charge on any atom is -0.310 e. The Morgan fingerprint density at radius 1 is 1.25 bits per heavy atom. The van der Waals surface area contributed by atoms with E-state index in [1.165, 1.54) is 12.8 Å². The average Bonchev–Trinajstić information content (AvgIpc) is 2.37. The fourth-order valence-electron chi connectivity index (χ4n) is 2.19. The van der Waals surface area contributed by atoms with Crippen LogP contribution in [0.3, 0.4) is 0 Å². The van der Waals surface area contributed by atoms with Crippen LogP contribution in [0.5, 0.6) is 0 Å². The van der Waals surface area contributed by atoms with Gasteiger partial charge in [0.2, 0.25) is 0 Å². The van der Waals surface area contributed by atoms with Gasteiger partial charge >= 0.3 is 0 Å². The van der Waals surface area contributed by atoms with E-state index in [-0.39, 0.29) is 10.6 Å². The first-order valence-corrected chi connectivity index (χ1v) is 7.37. The molecule has 0 saturated carbocycles. The van der Waals surface area contributed by atoms with Gasteiger partial charge in [0, 0.05) is 24.2 Å². The number of hydrogen-bond acceptors (Lipinski definition) is 3. The van der Waals surface area contributed by atoms with Crippen LogP contribution in [0.1, 0.15) is 51.2 Å². The Balaban J connectivity index is 2.45. The van der Waals surface area contributed by atoms with E-state index in [9.17, 15) is 10.1 Å². The quantitative estimate of drug-likeness (QED) is 0.572. The maximum atomic E-state index is 10.9. The van der Waals surface area contributed by atoms with Gasteiger partial charge in [0.15, 0.2) is 0 Å². The van der Waals surface area contributed by atoms with E-state index in [1.54, 1.807) is 13.0 Å². The maximum absolute atomic E-state index is 10.9. The van der Waals surface area contributed by atoms with Crippen LogP contribution in [0.25, 0.3) is 0 Å². The molecule has 0 amide bonds. The summed E-state index contributed by atoms with van der Waals surface area (Å²) in [7, 11) is 0. The molecule has 1 aromatic carbocycles. The Labute approximate surface area is 121 Å². The molecule has 0 spiro atoms. The fourth-order valence-corrected chi connectivity index (χ4v) is 2.19. The second kappa shape index (κ2) is 8.00. The lowest BCUT2D eigenvalue weighted by Gasteiger charge is -2.14. The van der Waals surface area contributed by atoms with Crippen LogP contribution in [0, 0.1) is 23.0 Å². The lowest BCUT2D eigenvalue weighted by molar-refractivity contribution is -0.385. The summed E-state index contributed by atoms with van der Waals surface area (Å²) in [6, 6.07) is 5.88. The molecule has 1 N–H and O–H groups in total. The third-order valence-electron chi connectivity index (χ3n) is 3.54. The van der Waals surface area contributed by atoms with Crippen molar-refractivity contribution in [2.45, 2.75) is 59.5 Å². The highest BCUT2D eigenvalue weighted by atomic mass is 16.6. The van der Waals surface area contributed by atoms with Gasteiger partial charge in [0.05, 0.1) is 4.92 Å². The summed E-state index contributed by atoms with van der Waals surface area (Å²) >= 11 is 0. The van der Waals surface area contributed by atoms with Crippen molar-refractivity contribution in [3.63, 3.8) is 0 Å². The number of nitro benzene ring substituents is 1. The number of nitrogens with one attached hydrogen (secondary N) is 1. The molecule has 0 radical (unpaired) electrons. The van der Waals surface area contributed by atoms with E-state index >= 15 is 0 Å². The van der Waals surface area contributed by atoms with Crippen LogP contribution in [0.2, 0.25) is 0 Å². The highest BCUT2D eigenvalue weighted by molar-refractivity contribution is 5.42. The largest absolute Gasteiger partial charge is 0.310 e. The third-order valence-corrected chi connectivity index (χ3v) is 3.54. The number of hydrogen-bond donors (Lipinski definition) is 1. The lowest BCUT2D eigenvalue weighted by Crippen LogP contribution is -2.25. The summed E-state index contributed by atoms with van der Waals surface area (Å²) in [5, 5.41) is 14.3. The Morgan fingerprint density at radius 3 is 2.55 bits per heavy atom. The first-order valence-electron chi connectivity index (χ1n) is 7.37. The van der Waals surface area contributed by atoms with Crippen LogP contribution < -0.4 is 5.32 Å². The smallest absolute Gasteiger partial charge is 0.272 e. The minimum absolute atomic E-state index is 0.205. The molecule has 20 heavy (non-hydrogen) atoms. The summed E-state index contributed by atoms with van der Waals surface area (Å²) in [6.45, 7) is 9.10. The minimum atomic E-state index is -0.315. The molecular weight excluding hydrogens is 252 g/mol. The van der Waals surface area contributed by atoms with Gasteiger partial charge < -0.3 is 5.32 Å². The van der Waals surface area contributed by atoms with Crippen molar-refractivity contribution in [2.24, 2.45) is 5.92 Å². The molecule has 0 fully saturated rings.